The minimum Gasteiger partial charge on any atom is -0.333 e. The lowest BCUT2D eigenvalue weighted by molar-refractivity contribution is -0.117. The van der Waals surface area contributed by atoms with Gasteiger partial charge in [-0.15, -0.1) is 0 Å². The molecule has 1 heterocycles. The molecule has 9 nitrogen and oxygen atoms in total. The first-order chi connectivity index (χ1) is 10.0. The number of urea groups is 1. The Bertz CT molecular complexity index is 701. The second-order valence-corrected chi connectivity index (χ2v) is 6.56. The second kappa shape index (κ2) is 6.77. The number of nitrogens with zero attached hydrogens (tertiary/aromatic N) is 3. The standard InChI is InChI=1S/C12H19N5O4S/c1-12(2,3)15-8(19)13-7(18)6-22-10-14-9(20)16(4)11(21)17(10)5/h6H2,1-5H3,(H2,13,15,18,19). The molecular weight excluding hydrogens is 310 g/mol. The Morgan fingerprint density at radius 2 is 1.77 bits per heavy atom. The van der Waals surface area contributed by atoms with E-state index in [4.69, 9.17) is 0 Å². The molecule has 0 atom stereocenters. The summed E-state index contributed by atoms with van der Waals surface area (Å²) in [5, 5.41) is 4.85. The van der Waals surface area contributed by atoms with E-state index < -0.39 is 28.9 Å². The average Bonchev–Trinajstić information content (AvgIpc) is 2.36. The number of imide groups is 1. The number of hydrogen-bond donors (Lipinski definition) is 2. The molecule has 1 aromatic rings. The number of carbonyl (C=O) groups is 2. The molecule has 1 rings (SSSR count). The molecule has 1 aromatic heterocycles. The van der Waals surface area contributed by atoms with Gasteiger partial charge in [0.2, 0.25) is 5.91 Å². The summed E-state index contributed by atoms with van der Waals surface area (Å²) in [5.41, 5.74) is -1.70. The highest BCUT2D eigenvalue weighted by molar-refractivity contribution is 7.99. The molecule has 0 aliphatic carbocycles. The van der Waals surface area contributed by atoms with Gasteiger partial charge in [0.1, 0.15) is 0 Å². The summed E-state index contributed by atoms with van der Waals surface area (Å²) in [7, 11) is 2.76. The molecule has 0 aromatic carbocycles. The largest absolute Gasteiger partial charge is 0.353 e. The lowest BCUT2D eigenvalue weighted by atomic mass is 10.1. The molecule has 22 heavy (non-hydrogen) atoms. The van der Waals surface area contributed by atoms with Crippen molar-refractivity contribution in [3.05, 3.63) is 21.0 Å². The van der Waals surface area contributed by atoms with E-state index >= 15 is 0 Å². The Labute approximate surface area is 131 Å². The fourth-order valence-corrected chi connectivity index (χ4v) is 2.16. The van der Waals surface area contributed by atoms with Gasteiger partial charge in [-0.3, -0.25) is 14.7 Å². The lowest BCUT2D eigenvalue weighted by Gasteiger charge is -2.20. The summed E-state index contributed by atoms with van der Waals surface area (Å²) in [6.45, 7) is 5.35. The van der Waals surface area contributed by atoms with Crippen LogP contribution in [0.25, 0.3) is 0 Å². The predicted octanol–water partition coefficient (Wildman–Crippen LogP) is -0.805. The highest BCUT2D eigenvalue weighted by Crippen LogP contribution is 2.10. The summed E-state index contributed by atoms with van der Waals surface area (Å²) in [4.78, 5) is 50.0. The van der Waals surface area contributed by atoms with Crippen LogP contribution in [0.15, 0.2) is 14.7 Å². The van der Waals surface area contributed by atoms with Crippen molar-refractivity contribution >= 4 is 23.7 Å². The third-order valence-corrected chi connectivity index (χ3v) is 3.44. The first-order valence-corrected chi connectivity index (χ1v) is 7.38. The topological polar surface area (TPSA) is 115 Å². The zero-order valence-electron chi connectivity index (χ0n) is 13.1. The Morgan fingerprint density at radius 3 is 2.32 bits per heavy atom. The van der Waals surface area contributed by atoms with Crippen molar-refractivity contribution in [2.45, 2.75) is 31.5 Å². The van der Waals surface area contributed by atoms with Crippen molar-refractivity contribution in [3.8, 4) is 0 Å². The normalized spacial score (nSPS) is 11.1. The van der Waals surface area contributed by atoms with Crippen LogP contribution < -0.4 is 22.0 Å². The van der Waals surface area contributed by atoms with Crippen LogP contribution in [0.1, 0.15) is 20.8 Å². The third-order valence-electron chi connectivity index (χ3n) is 2.41. The number of amides is 3. The van der Waals surface area contributed by atoms with Gasteiger partial charge in [0.15, 0.2) is 5.16 Å². The van der Waals surface area contributed by atoms with Crippen LogP contribution >= 0.6 is 11.8 Å². The number of rotatable bonds is 3. The third kappa shape index (κ3) is 5.02. The van der Waals surface area contributed by atoms with Crippen LogP contribution in [0.4, 0.5) is 4.79 Å². The quantitative estimate of drug-likeness (QED) is 0.701. The van der Waals surface area contributed by atoms with Crippen molar-refractivity contribution in [1.82, 2.24) is 24.8 Å². The maximum absolute atomic E-state index is 11.7. The maximum atomic E-state index is 11.7. The van der Waals surface area contributed by atoms with E-state index in [1.807, 2.05) is 0 Å². The minimum atomic E-state index is -0.698. The van der Waals surface area contributed by atoms with Crippen LogP contribution in [0.2, 0.25) is 0 Å². The van der Waals surface area contributed by atoms with E-state index in [2.05, 4.69) is 15.6 Å². The maximum Gasteiger partial charge on any atom is 0.353 e. The van der Waals surface area contributed by atoms with Gasteiger partial charge in [0.05, 0.1) is 5.75 Å². The van der Waals surface area contributed by atoms with Crippen molar-refractivity contribution in [2.24, 2.45) is 14.1 Å². The predicted molar refractivity (Wildman–Crippen MR) is 81.9 cm³/mol. The monoisotopic (exact) mass is 329 g/mol. The molecule has 3 amide bonds. The Morgan fingerprint density at radius 1 is 1.18 bits per heavy atom. The highest BCUT2D eigenvalue weighted by atomic mass is 32.2. The van der Waals surface area contributed by atoms with E-state index in [9.17, 15) is 19.2 Å². The molecule has 0 aliphatic heterocycles. The van der Waals surface area contributed by atoms with Crippen molar-refractivity contribution in [2.75, 3.05) is 5.75 Å². The second-order valence-electron chi connectivity index (χ2n) is 5.62. The van der Waals surface area contributed by atoms with Gasteiger partial charge in [-0.05, 0) is 20.8 Å². The molecule has 0 saturated heterocycles. The molecule has 0 fully saturated rings. The Hall–Kier alpha value is -2.10. The fourth-order valence-electron chi connectivity index (χ4n) is 1.41. The lowest BCUT2D eigenvalue weighted by Crippen LogP contribution is -2.48. The Kier molecular flexibility index (Phi) is 5.53. The van der Waals surface area contributed by atoms with E-state index in [0.717, 1.165) is 20.9 Å². The summed E-state index contributed by atoms with van der Waals surface area (Å²) in [5.74, 6) is -0.702. The molecule has 0 spiro atoms. The van der Waals surface area contributed by atoms with E-state index in [-0.39, 0.29) is 10.9 Å². The van der Waals surface area contributed by atoms with Gasteiger partial charge < -0.3 is 5.32 Å². The molecule has 10 heteroatoms. The van der Waals surface area contributed by atoms with Crippen LogP contribution in [0.5, 0.6) is 0 Å². The number of hydrogen-bond acceptors (Lipinski definition) is 6. The molecule has 2 N–H and O–H groups in total. The first kappa shape index (κ1) is 18.0. The molecule has 0 saturated carbocycles. The summed E-state index contributed by atoms with van der Waals surface area (Å²) < 4.78 is 2.02. The fraction of sp³-hybridized carbons (Fsp3) is 0.583. The van der Waals surface area contributed by atoms with E-state index in [1.165, 1.54) is 14.1 Å². The SMILES string of the molecule is Cn1c(SCC(=O)NC(=O)NC(C)(C)C)nc(=O)n(C)c1=O. The molecular formula is C12H19N5O4S. The van der Waals surface area contributed by atoms with Gasteiger partial charge in [0, 0.05) is 19.6 Å². The number of nitrogens with one attached hydrogen (secondary N) is 2. The number of carbonyl (C=O) groups excluding carboxylic acids is 2. The summed E-state index contributed by atoms with van der Waals surface area (Å²) in [6.07, 6.45) is 0. The van der Waals surface area contributed by atoms with Crippen molar-refractivity contribution in [1.29, 1.82) is 0 Å². The number of thioether (sulfide) groups is 1. The van der Waals surface area contributed by atoms with Crippen LogP contribution in [0.3, 0.4) is 0 Å². The zero-order valence-corrected chi connectivity index (χ0v) is 13.9. The van der Waals surface area contributed by atoms with E-state index in [1.54, 1.807) is 20.8 Å². The van der Waals surface area contributed by atoms with Gasteiger partial charge in [-0.1, -0.05) is 11.8 Å². The van der Waals surface area contributed by atoms with Gasteiger partial charge in [-0.25, -0.2) is 19.0 Å². The highest BCUT2D eigenvalue weighted by Gasteiger charge is 2.16. The Balaban J connectivity index is 2.68. The van der Waals surface area contributed by atoms with Gasteiger partial charge in [-0.2, -0.15) is 4.98 Å². The zero-order chi connectivity index (χ0) is 17.1. The van der Waals surface area contributed by atoms with Crippen LogP contribution in [-0.4, -0.2) is 37.3 Å². The van der Waals surface area contributed by atoms with Crippen molar-refractivity contribution < 1.29 is 9.59 Å². The minimum absolute atomic E-state index is 0.111. The summed E-state index contributed by atoms with van der Waals surface area (Å²) >= 11 is 0.899. The number of aromatic nitrogens is 3. The van der Waals surface area contributed by atoms with Crippen LogP contribution in [0, 0.1) is 0 Å². The van der Waals surface area contributed by atoms with E-state index in [0.29, 0.717) is 0 Å². The first-order valence-electron chi connectivity index (χ1n) is 6.40. The molecule has 0 aliphatic rings. The molecule has 0 bridgehead atoms. The van der Waals surface area contributed by atoms with Gasteiger partial charge >= 0.3 is 17.4 Å². The molecule has 122 valence electrons. The van der Waals surface area contributed by atoms with Crippen LogP contribution in [-0.2, 0) is 18.9 Å². The van der Waals surface area contributed by atoms with Gasteiger partial charge in [0.25, 0.3) is 0 Å². The summed E-state index contributed by atoms with van der Waals surface area (Å²) in [6, 6.07) is -0.607. The molecule has 0 radical (unpaired) electrons. The average molecular weight is 329 g/mol. The smallest absolute Gasteiger partial charge is 0.333 e. The van der Waals surface area contributed by atoms with Crippen molar-refractivity contribution in [3.63, 3.8) is 0 Å². The molecule has 0 unspecified atom stereocenters.